The van der Waals surface area contributed by atoms with Crippen LogP contribution in [0.5, 0.6) is 0 Å². The van der Waals surface area contributed by atoms with Crippen LogP contribution < -0.4 is 0 Å². The minimum absolute atomic E-state index is 0.851. The van der Waals surface area contributed by atoms with E-state index < -0.39 is 7.26 Å². The lowest BCUT2D eigenvalue weighted by Crippen LogP contribution is -2.13. The van der Waals surface area contributed by atoms with Crippen molar-refractivity contribution in [2.75, 3.05) is 24.6 Å². The molecule has 0 aromatic heterocycles. The molecule has 1 heteroatoms. The van der Waals surface area contributed by atoms with Crippen LogP contribution in [-0.4, -0.2) is 24.6 Å². The van der Waals surface area contributed by atoms with Crippen molar-refractivity contribution in [3.8, 4) is 0 Å². The van der Waals surface area contributed by atoms with Crippen molar-refractivity contribution in [1.29, 1.82) is 0 Å². The Hall–Kier alpha value is 0.430. The Morgan fingerprint density at radius 3 is 0.284 bits per heavy atom. The molecule has 0 spiro atoms. The molecule has 0 rings (SSSR count). The second-order valence-corrected chi connectivity index (χ2v) is 30.3. The van der Waals surface area contributed by atoms with E-state index in [1.165, 1.54) is 392 Å². The van der Waals surface area contributed by atoms with Crippen molar-refractivity contribution in [2.24, 2.45) is 0 Å². The summed E-state index contributed by atoms with van der Waals surface area (Å²) in [5.74, 6) is 0. The highest BCUT2D eigenvalue weighted by Crippen LogP contribution is 2.61. The summed E-state index contributed by atoms with van der Waals surface area (Å²) in [6.07, 6.45) is 104. The Morgan fingerprint density at radius 1 is 0.108 bits per heavy atom. The van der Waals surface area contributed by atoms with E-state index in [4.69, 9.17) is 0 Å². The van der Waals surface area contributed by atoms with E-state index in [0.717, 1.165) is 0 Å². The largest absolute Gasteiger partial charge is 0.0654 e. The van der Waals surface area contributed by atoms with E-state index >= 15 is 0 Å². The molecule has 0 aromatic carbocycles. The molecule has 0 amide bonds. The molecule has 0 heterocycles. The first-order chi connectivity index (χ1) is 36.7. The number of hydrogen-bond donors (Lipinski definition) is 0. The molecule has 74 heavy (non-hydrogen) atoms. The van der Waals surface area contributed by atoms with Gasteiger partial charge in [0, 0.05) is 7.26 Å². The van der Waals surface area contributed by atoms with E-state index in [1.807, 2.05) is 0 Å². The number of rotatable bonds is 69. The van der Waals surface area contributed by atoms with Crippen LogP contribution in [0.15, 0.2) is 0 Å². The average molecular weight is 1060 g/mol. The lowest BCUT2D eigenvalue weighted by Gasteiger charge is -2.28. The summed E-state index contributed by atoms with van der Waals surface area (Å²) in [6.45, 7) is 9.34. The Kier molecular flexibility index (Phi) is 68.1. The van der Waals surface area contributed by atoms with Gasteiger partial charge in [0.2, 0.25) is 0 Å². The zero-order valence-electron chi connectivity index (χ0n) is 53.2. The smallest absolute Gasteiger partial charge is 0.0594 e. The number of unbranched alkanes of at least 4 members (excludes halogenated alkanes) is 61. The maximum atomic E-state index is 2.33. The molecule has 0 aliphatic heterocycles. The molecular formula is C73H150P+. The molecule has 0 aromatic rings. The fraction of sp³-hybridized carbons (Fsp3) is 1.00. The van der Waals surface area contributed by atoms with Gasteiger partial charge in [0.1, 0.15) is 0 Å². The zero-order chi connectivity index (χ0) is 53.3. The molecule has 0 fully saturated rings. The van der Waals surface area contributed by atoms with Gasteiger partial charge in [0.15, 0.2) is 0 Å². The fourth-order valence-corrected chi connectivity index (χ4v) is 17.7. The van der Waals surface area contributed by atoms with Crippen molar-refractivity contribution >= 4 is 7.26 Å². The van der Waals surface area contributed by atoms with Gasteiger partial charge in [-0.15, -0.1) is 0 Å². The van der Waals surface area contributed by atoms with Crippen molar-refractivity contribution in [3.05, 3.63) is 0 Å². The third-order valence-electron chi connectivity index (χ3n) is 18.2. The number of hydrogen-bond acceptors (Lipinski definition) is 0. The SMILES string of the molecule is CCCCCCCCCCCCCCCCCCC[P+](CCCCCCCCCCCCCCCCCC)(CCCCCCCCCCCCCCCCCC)CCCCCCCCCCCCCCCCCC. The van der Waals surface area contributed by atoms with E-state index in [2.05, 4.69) is 27.7 Å². The molecule has 0 nitrogen and oxygen atoms in total. The molecule has 0 aliphatic rings. The van der Waals surface area contributed by atoms with Crippen LogP contribution in [-0.2, 0) is 0 Å². The van der Waals surface area contributed by atoms with Crippen LogP contribution in [0.25, 0.3) is 0 Å². The topological polar surface area (TPSA) is 0 Å². The minimum Gasteiger partial charge on any atom is -0.0654 e. The molecule has 0 N–H and O–H groups in total. The van der Waals surface area contributed by atoms with Crippen molar-refractivity contribution < 1.29 is 0 Å². The monoisotopic (exact) mass is 1060 g/mol. The van der Waals surface area contributed by atoms with Gasteiger partial charge in [-0.3, -0.25) is 0 Å². The normalized spacial score (nSPS) is 12.0. The van der Waals surface area contributed by atoms with Crippen molar-refractivity contribution in [1.82, 2.24) is 0 Å². The summed E-state index contributed by atoms with van der Waals surface area (Å²) in [4.78, 5) is 0. The molecule has 0 unspecified atom stereocenters. The van der Waals surface area contributed by atoms with E-state index in [0.29, 0.717) is 0 Å². The van der Waals surface area contributed by atoms with Crippen molar-refractivity contribution in [3.63, 3.8) is 0 Å². The minimum atomic E-state index is -0.851. The first kappa shape index (κ1) is 74.4. The standard InChI is InChI=1S/C73H150P/c1-5-9-13-17-21-25-29-33-37-41-45-49-53-57-61-65-69-73-74(70-66-62-58-54-50-46-42-38-34-30-26-22-18-14-10-6-2,71-67-63-59-55-51-47-43-39-35-31-27-23-19-15-11-7-3)72-68-64-60-56-52-48-44-40-36-32-28-24-20-16-12-8-4/h5-73H2,1-4H3/q+1. The lowest BCUT2D eigenvalue weighted by atomic mass is 10.0. The van der Waals surface area contributed by atoms with Crippen molar-refractivity contribution in [2.45, 2.75) is 445 Å². The van der Waals surface area contributed by atoms with E-state index in [-0.39, 0.29) is 0 Å². The van der Waals surface area contributed by atoms with Crippen LogP contribution in [0.2, 0.25) is 0 Å². The first-order valence-corrected chi connectivity index (χ1v) is 39.1. The Bertz CT molecular complexity index is 852. The molecule has 0 aliphatic carbocycles. The quantitative estimate of drug-likeness (QED) is 0.0421. The molecule has 0 saturated heterocycles. The summed E-state index contributed by atoms with van der Waals surface area (Å²) in [5.41, 5.74) is 0. The molecule has 0 atom stereocenters. The lowest BCUT2D eigenvalue weighted by molar-refractivity contribution is 0.528. The van der Waals surface area contributed by atoms with E-state index in [9.17, 15) is 0 Å². The van der Waals surface area contributed by atoms with Crippen LogP contribution in [0.1, 0.15) is 445 Å². The van der Waals surface area contributed by atoms with Gasteiger partial charge in [-0.1, -0.05) is 394 Å². The molecule has 0 radical (unpaired) electrons. The highest BCUT2D eigenvalue weighted by atomic mass is 31.2. The van der Waals surface area contributed by atoms with Crippen LogP contribution >= 0.6 is 7.26 Å². The summed E-state index contributed by atoms with van der Waals surface area (Å²) in [6, 6.07) is 0. The maximum Gasteiger partial charge on any atom is 0.0594 e. The molecule has 0 saturated carbocycles. The average Bonchev–Trinajstić information content (AvgIpc) is 3.41. The van der Waals surface area contributed by atoms with Gasteiger partial charge in [-0.25, -0.2) is 0 Å². The summed E-state index contributed by atoms with van der Waals surface area (Å²) in [7, 11) is -0.851. The predicted molar refractivity (Wildman–Crippen MR) is 349 cm³/mol. The van der Waals surface area contributed by atoms with Gasteiger partial charge in [-0.2, -0.15) is 0 Å². The summed E-state index contributed by atoms with van der Waals surface area (Å²) >= 11 is 0. The first-order valence-electron chi connectivity index (χ1n) is 36.6. The Morgan fingerprint density at radius 2 is 0.189 bits per heavy atom. The highest BCUT2D eigenvalue weighted by Gasteiger charge is 2.35. The fourth-order valence-electron chi connectivity index (χ4n) is 12.8. The van der Waals surface area contributed by atoms with Crippen LogP contribution in [0, 0.1) is 0 Å². The third kappa shape index (κ3) is 61.6. The molecular weight excluding hydrogens is 908 g/mol. The summed E-state index contributed by atoms with van der Waals surface area (Å²) in [5, 5.41) is 0. The zero-order valence-corrected chi connectivity index (χ0v) is 54.1. The third-order valence-corrected chi connectivity index (χ3v) is 23.3. The van der Waals surface area contributed by atoms with Gasteiger partial charge >= 0.3 is 0 Å². The molecule has 446 valence electrons. The molecule has 0 bridgehead atoms. The van der Waals surface area contributed by atoms with Gasteiger partial charge in [0.05, 0.1) is 24.6 Å². The Balaban J connectivity index is 4.96. The van der Waals surface area contributed by atoms with Crippen LogP contribution in [0.3, 0.4) is 0 Å². The van der Waals surface area contributed by atoms with Gasteiger partial charge < -0.3 is 0 Å². The second kappa shape index (κ2) is 67.7. The second-order valence-electron chi connectivity index (χ2n) is 25.8. The predicted octanol–water partition coefficient (Wildman–Crippen LogP) is 28.4. The maximum absolute atomic E-state index is 2.33. The van der Waals surface area contributed by atoms with E-state index in [1.54, 1.807) is 50.3 Å². The Labute approximate surface area is 474 Å². The highest BCUT2D eigenvalue weighted by molar-refractivity contribution is 7.75. The van der Waals surface area contributed by atoms with Gasteiger partial charge in [0.25, 0.3) is 0 Å². The van der Waals surface area contributed by atoms with Gasteiger partial charge in [-0.05, 0) is 51.4 Å². The van der Waals surface area contributed by atoms with Crippen LogP contribution in [0.4, 0.5) is 0 Å². The summed E-state index contributed by atoms with van der Waals surface area (Å²) < 4.78 is 0.